The van der Waals surface area contributed by atoms with Crippen LogP contribution in [0.15, 0.2) is 164 Å². The molecule has 5 aromatic carbocycles. The molecule has 4 heterocycles. The van der Waals surface area contributed by atoms with Gasteiger partial charge < -0.3 is 9.47 Å². The van der Waals surface area contributed by atoms with Crippen LogP contribution in [-0.4, -0.2) is 24.9 Å². The largest absolute Gasteiger partial charge is 0.449 e. The molecule has 3 aromatic heterocycles. The highest BCUT2D eigenvalue weighted by atomic mass is 16.6. The zero-order valence-corrected chi connectivity index (χ0v) is 26.6. The highest BCUT2D eigenvalue weighted by Gasteiger charge is 2.24. The van der Waals surface area contributed by atoms with Gasteiger partial charge in [-0.3, -0.25) is 9.97 Å². The Morgan fingerprint density at radius 3 is 1.34 bits per heavy atom. The molecular formula is C43H27N5O2. The van der Waals surface area contributed by atoms with Crippen LogP contribution in [0.25, 0.3) is 67.8 Å². The Labute approximate surface area is 288 Å². The Bertz CT molecular complexity index is 2420. The van der Waals surface area contributed by atoms with Gasteiger partial charge in [-0.25, -0.2) is 15.0 Å². The minimum absolute atomic E-state index is 0.594. The highest BCUT2D eigenvalue weighted by molar-refractivity contribution is 5.84. The molecular weight excluding hydrogens is 619 g/mol. The second-order valence-corrected chi connectivity index (χ2v) is 11.8. The molecule has 0 N–H and O–H groups in total. The molecule has 0 amide bonds. The molecule has 0 radical (unpaired) electrons. The van der Waals surface area contributed by atoms with Crippen molar-refractivity contribution in [1.82, 2.24) is 24.9 Å². The SMILES string of the molecule is c1ccc(-c2nc(-c3ccccc3)nc(-c3cccc(-c4ccc5c(c4)Oc4cc(-c6ccccn6)c(-c6ccccn6)cc4O5)c3)n2)cc1. The quantitative estimate of drug-likeness (QED) is 0.178. The molecule has 0 spiro atoms. The molecule has 236 valence electrons. The van der Waals surface area contributed by atoms with Crippen molar-refractivity contribution in [2.45, 2.75) is 0 Å². The molecule has 0 saturated heterocycles. The maximum Gasteiger partial charge on any atom is 0.170 e. The fraction of sp³-hybridized carbons (Fsp3) is 0. The predicted octanol–water partition coefficient (Wildman–Crippen LogP) is 10.6. The molecule has 1 aliphatic heterocycles. The molecule has 0 fully saturated rings. The maximum absolute atomic E-state index is 6.53. The number of rotatable bonds is 6. The minimum atomic E-state index is 0.594. The van der Waals surface area contributed by atoms with E-state index in [1.54, 1.807) is 12.4 Å². The van der Waals surface area contributed by atoms with E-state index in [0.717, 1.165) is 50.3 Å². The number of aromatic nitrogens is 5. The van der Waals surface area contributed by atoms with Gasteiger partial charge in [0.1, 0.15) is 0 Å². The lowest BCUT2D eigenvalue weighted by Crippen LogP contribution is -2.01. The van der Waals surface area contributed by atoms with Gasteiger partial charge in [0.25, 0.3) is 0 Å². The number of ether oxygens (including phenoxy) is 2. The van der Waals surface area contributed by atoms with Gasteiger partial charge >= 0.3 is 0 Å². The second-order valence-electron chi connectivity index (χ2n) is 11.8. The topological polar surface area (TPSA) is 82.9 Å². The zero-order valence-electron chi connectivity index (χ0n) is 26.6. The van der Waals surface area contributed by atoms with Crippen LogP contribution in [0.1, 0.15) is 0 Å². The van der Waals surface area contributed by atoms with Crippen molar-refractivity contribution in [2.75, 3.05) is 0 Å². The number of benzene rings is 5. The van der Waals surface area contributed by atoms with Gasteiger partial charge in [-0.05, 0) is 65.7 Å². The van der Waals surface area contributed by atoms with Gasteiger partial charge in [0.05, 0.1) is 11.4 Å². The number of pyridine rings is 2. The molecule has 50 heavy (non-hydrogen) atoms. The molecule has 0 saturated carbocycles. The van der Waals surface area contributed by atoms with Crippen LogP contribution in [0.2, 0.25) is 0 Å². The van der Waals surface area contributed by atoms with Crippen molar-refractivity contribution in [3.05, 3.63) is 164 Å². The van der Waals surface area contributed by atoms with Gasteiger partial charge in [-0.2, -0.15) is 0 Å². The first kappa shape index (κ1) is 29.2. The van der Waals surface area contributed by atoms with Gasteiger partial charge in [-0.1, -0.05) is 97.1 Å². The minimum Gasteiger partial charge on any atom is -0.449 e. The molecule has 7 nitrogen and oxygen atoms in total. The van der Waals surface area contributed by atoms with Crippen molar-refractivity contribution in [3.63, 3.8) is 0 Å². The van der Waals surface area contributed by atoms with Gasteiger partial charge in [0, 0.05) is 40.2 Å². The van der Waals surface area contributed by atoms with E-state index in [1.807, 2.05) is 140 Å². The van der Waals surface area contributed by atoms with Crippen molar-refractivity contribution in [1.29, 1.82) is 0 Å². The average Bonchev–Trinajstić information content (AvgIpc) is 3.20. The summed E-state index contributed by atoms with van der Waals surface area (Å²) in [6, 6.07) is 49.8. The lowest BCUT2D eigenvalue weighted by Gasteiger charge is -2.23. The molecule has 8 aromatic rings. The van der Waals surface area contributed by atoms with Crippen molar-refractivity contribution in [2.24, 2.45) is 0 Å². The zero-order chi connectivity index (χ0) is 33.3. The Morgan fingerprint density at radius 1 is 0.320 bits per heavy atom. The summed E-state index contributed by atoms with van der Waals surface area (Å²) in [7, 11) is 0. The predicted molar refractivity (Wildman–Crippen MR) is 195 cm³/mol. The van der Waals surface area contributed by atoms with Crippen LogP contribution in [0.5, 0.6) is 23.0 Å². The number of fused-ring (bicyclic) bond motifs is 2. The first-order valence-electron chi connectivity index (χ1n) is 16.2. The Morgan fingerprint density at radius 2 is 0.780 bits per heavy atom. The number of nitrogens with zero attached hydrogens (tertiary/aromatic N) is 5. The molecule has 0 unspecified atom stereocenters. The smallest absolute Gasteiger partial charge is 0.170 e. The third kappa shape index (κ3) is 5.63. The maximum atomic E-state index is 6.53. The average molecular weight is 646 g/mol. The summed E-state index contributed by atoms with van der Waals surface area (Å²) in [5.74, 6) is 4.31. The summed E-state index contributed by atoms with van der Waals surface area (Å²) < 4.78 is 13.0. The van der Waals surface area contributed by atoms with E-state index in [2.05, 4.69) is 22.1 Å². The summed E-state index contributed by atoms with van der Waals surface area (Å²) >= 11 is 0. The van der Waals surface area contributed by atoms with E-state index in [4.69, 9.17) is 24.4 Å². The Balaban J connectivity index is 1.08. The summed E-state index contributed by atoms with van der Waals surface area (Å²) in [5, 5.41) is 0. The van der Waals surface area contributed by atoms with Gasteiger partial charge in [0.2, 0.25) is 0 Å². The van der Waals surface area contributed by atoms with Crippen LogP contribution in [0, 0.1) is 0 Å². The van der Waals surface area contributed by atoms with Crippen LogP contribution in [0.3, 0.4) is 0 Å². The molecule has 0 bridgehead atoms. The van der Waals surface area contributed by atoms with Crippen LogP contribution in [-0.2, 0) is 0 Å². The third-order valence-corrected chi connectivity index (χ3v) is 8.50. The van der Waals surface area contributed by atoms with E-state index in [1.165, 1.54) is 0 Å². The summed E-state index contributed by atoms with van der Waals surface area (Å²) in [5.41, 5.74) is 8.14. The molecule has 7 heteroatoms. The number of hydrogen-bond acceptors (Lipinski definition) is 7. The van der Waals surface area contributed by atoms with Crippen molar-refractivity contribution < 1.29 is 9.47 Å². The van der Waals surface area contributed by atoms with E-state index in [0.29, 0.717) is 40.5 Å². The Kier molecular flexibility index (Phi) is 7.33. The third-order valence-electron chi connectivity index (χ3n) is 8.50. The van der Waals surface area contributed by atoms with Gasteiger partial charge in [-0.15, -0.1) is 0 Å². The van der Waals surface area contributed by atoms with Gasteiger partial charge in [0.15, 0.2) is 40.5 Å². The first-order valence-corrected chi connectivity index (χ1v) is 16.2. The van der Waals surface area contributed by atoms with Crippen LogP contribution in [0.4, 0.5) is 0 Å². The van der Waals surface area contributed by atoms with Crippen molar-refractivity contribution >= 4 is 0 Å². The summed E-state index contributed by atoms with van der Waals surface area (Å²) in [6.07, 6.45) is 3.57. The van der Waals surface area contributed by atoms with Crippen LogP contribution >= 0.6 is 0 Å². The van der Waals surface area contributed by atoms with E-state index >= 15 is 0 Å². The number of hydrogen-bond donors (Lipinski definition) is 0. The van der Waals surface area contributed by atoms with E-state index in [9.17, 15) is 0 Å². The second kappa shape index (κ2) is 12.6. The standard InChI is InChI=1S/C43H27N5O2/c1-3-12-28(13-4-1)41-46-42(29-14-5-2-6-15-29)48-43(47-41)32-17-11-16-30(24-32)31-20-21-37-38(25-31)50-40-27-34(36-19-8-10-23-45-36)33(26-39(40)49-37)35-18-7-9-22-44-35/h1-27H. The fourth-order valence-corrected chi connectivity index (χ4v) is 6.05. The van der Waals surface area contributed by atoms with Crippen molar-refractivity contribution in [3.8, 4) is 90.8 Å². The molecule has 9 rings (SSSR count). The fourth-order valence-electron chi connectivity index (χ4n) is 6.05. The molecule has 0 atom stereocenters. The normalized spacial score (nSPS) is 11.5. The summed E-state index contributed by atoms with van der Waals surface area (Å²) in [6.45, 7) is 0. The van der Waals surface area contributed by atoms with E-state index < -0.39 is 0 Å². The van der Waals surface area contributed by atoms with E-state index in [-0.39, 0.29) is 0 Å². The first-order chi connectivity index (χ1) is 24.7. The highest BCUT2D eigenvalue weighted by Crippen LogP contribution is 2.50. The molecule has 1 aliphatic rings. The lowest BCUT2D eigenvalue weighted by atomic mass is 9.99. The molecule has 0 aliphatic carbocycles. The van der Waals surface area contributed by atoms with Crippen LogP contribution < -0.4 is 9.47 Å². The monoisotopic (exact) mass is 645 g/mol. The Hall–Kier alpha value is -6.99. The lowest BCUT2D eigenvalue weighted by molar-refractivity contribution is 0.360. The summed E-state index contributed by atoms with van der Waals surface area (Å²) in [4.78, 5) is 23.9.